The average Bonchev–Trinajstić information content (AvgIpc) is 2.39. The molecular formula is C14H16FN3O. The molecule has 1 aromatic heterocycles. The third-order valence-electron chi connectivity index (χ3n) is 2.63. The van der Waals surface area contributed by atoms with E-state index in [1.807, 2.05) is 12.1 Å². The fraction of sp³-hybridized carbons (Fsp3) is 0.286. The van der Waals surface area contributed by atoms with Crippen molar-refractivity contribution in [2.24, 2.45) is 0 Å². The third kappa shape index (κ3) is 3.72. The van der Waals surface area contributed by atoms with Crippen LogP contribution in [0.15, 0.2) is 30.3 Å². The molecule has 0 saturated carbocycles. The van der Waals surface area contributed by atoms with Crippen LogP contribution in [-0.2, 0) is 17.8 Å². The molecule has 0 spiro atoms. The van der Waals surface area contributed by atoms with Crippen molar-refractivity contribution in [1.29, 1.82) is 0 Å². The Balaban J connectivity index is 2.26. The number of anilines is 1. The molecule has 4 nitrogen and oxygen atoms in total. The van der Waals surface area contributed by atoms with E-state index in [9.17, 15) is 4.39 Å². The van der Waals surface area contributed by atoms with Gasteiger partial charge in [-0.2, -0.15) is 0 Å². The first kappa shape index (κ1) is 13.4. The molecule has 1 aromatic carbocycles. The molecule has 2 aromatic rings. The zero-order chi connectivity index (χ0) is 13.7. The molecule has 0 aliphatic heterocycles. The van der Waals surface area contributed by atoms with Crippen LogP contribution in [0.2, 0.25) is 0 Å². The van der Waals surface area contributed by atoms with E-state index in [0.717, 1.165) is 17.1 Å². The number of halogens is 1. The Kier molecular flexibility index (Phi) is 4.41. The Morgan fingerprint density at radius 1 is 1.26 bits per heavy atom. The lowest BCUT2D eigenvalue weighted by Gasteiger charge is -2.07. The fourth-order valence-electron chi connectivity index (χ4n) is 1.81. The van der Waals surface area contributed by atoms with Gasteiger partial charge in [-0.25, -0.2) is 14.4 Å². The van der Waals surface area contributed by atoms with Gasteiger partial charge in [0.05, 0.1) is 12.3 Å². The first-order valence-electron chi connectivity index (χ1n) is 5.99. The van der Waals surface area contributed by atoms with Crippen LogP contribution >= 0.6 is 0 Å². The SMILES string of the molecule is CNc1cc(COC)nc(Cc2cccc(F)c2)n1. The molecule has 2 rings (SSSR count). The monoisotopic (exact) mass is 261 g/mol. The predicted molar refractivity (Wildman–Crippen MR) is 71.5 cm³/mol. The molecule has 100 valence electrons. The van der Waals surface area contributed by atoms with Crippen LogP contribution in [0.3, 0.4) is 0 Å². The van der Waals surface area contributed by atoms with Gasteiger partial charge in [0.15, 0.2) is 0 Å². The first-order chi connectivity index (χ1) is 9.21. The van der Waals surface area contributed by atoms with Crippen LogP contribution in [0.1, 0.15) is 17.1 Å². The van der Waals surface area contributed by atoms with Crippen molar-refractivity contribution in [3.8, 4) is 0 Å². The Hall–Kier alpha value is -2.01. The highest BCUT2D eigenvalue weighted by Crippen LogP contribution is 2.12. The Morgan fingerprint density at radius 2 is 2.11 bits per heavy atom. The summed E-state index contributed by atoms with van der Waals surface area (Å²) in [6, 6.07) is 8.28. The Bertz CT molecular complexity index is 560. The number of benzene rings is 1. The highest BCUT2D eigenvalue weighted by molar-refractivity contribution is 5.36. The van der Waals surface area contributed by atoms with Gasteiger partial charge in [0.2, 0.25) is 0 Å². The van der Waals surface area contributed by atoms with E-state index >= 15 is 0 Å². The Labute approximate surface area is 111 Å². The minimum Gasteiger partial charge on any atom is -0.378 e. The van der Waals surface area contributed by atoms with Crippen molar-refractivity contribution in [3.05, 3.63) is 53.2 Å². The smallest absolute Gasteiger partial charge is 0.135 e. The highest BCUT2D eigenvalue weighted by atomic mass is 19.1. The molecule has 0 unspecified atom stereocenters. The summed E-state index contributed by atoms with van der Waals surface area (Å²) in [6.07, 6.45) is 0.490. The van der Waals surface area contributed by atoms with Crippen LogP contribution < -0.4 is 5.32 Å². The summed E-state index contributed by atoms with van der Waals surface area (Å²) in [5.41, 5.74) is 1.64. The molecule has 1 N–H and O–H groups in total. The standard InChI is InChI=1S/C14H16FN3O/c1-16-13-8-12(9-19-2)17-14(18-13)7-10-4-3-5-11(15)6-10/h3-6,8H,7,9H2,1-2H3,(H,16,17,18). The minimum absolute atomic E-state index is 0.251. The molecule has 5 heteroatoms. The van der Waals surface area contributed by atoms with Gasteiger partial charge in [0.1, 0.15) is 17.5 Å². The zero-order valence-electron chi connectivity index (χ0n) is 11.0. The van der Waals surface area contributed by atoms with E-state index in [1.54, 1.807) is 20.2 Å². The number of nitrogens with zero attached hydrogens (tertiary/aromatic N) is 2. The molecule has 0 amide bonds. The van der Waals surface area contributed by atoms with E-state index in [4.69, 9.17) is 4.74 Å². The van der Waals surface area contributed by atoms with Crippen LogP contribution in [0, 0.1) is 5.82 Å². The lowest BCUT2D eigenvalue weighted by molar-refractivity contribution is 0.181. The van der Waals surface area contributed by atoms with Crippen LogP contribution in [-0.4, -0.2) is 24.1 Å². The fourth-order valence-corrected chi connectivity index (χ4v) is 1.81. The van der Waals surface area contributed by atoms with E-state index < -0.39 is 0 Å². The lowest BCUT2D eigenvalue weighted by Crippen LogP contribution is -2.05. The van der Waals surface area contributed by atoms with Crippen molar-refractivity contribution in [3.63, 3.8) is 0 Å². The summed E-state index contributed by atoms with van der Waals surface area (Å²) < 4.78 is 18.2. The number of nitrogens with one attached hydrogen (secondary N) is 1. The molecule has 0 aliphatic rings. The number of hydrogen-bond donors (Lipinski definition) is 1. The topological polar surface area (TPSA) is 47.0 Å². The highest BCUT2D eigenvalue weighted by Gasteiger charge is 2.05. The van der Waals surface area contributed by atoms with Gasteiger partial charge in [-0.3, -0.25) is 0 Å². The molecule has 0 aliphatic carbocycles. The van der Waals surface area contributed by atoms with Crippen molar-refractivity contribution in [2.45, 2.75) is 13.0 Å². The third-order valence-corrected chi connectivity index (χ3v) is 2.63. The molecular weight excluding hydrogens is 245 g/mol. The van der Waals surface area contributed by atoms with E-state index in [-0.39, 0.29) is 5.82 Å². The van der Waals surface area contributed by atoms with Crippen molar-refractivity contribution in [1.82, 2.24) is 9.97 Å². The van der Waals surface area contributed by atoms with E-state index in [1.165, 1.54) is 12.1 Å². The second-order valence-electron chi connectivity index (χ2n) is 4.15. The predicted octanol–water partition coefficient (Wildman–Crippen LogP) is 2.39. The van der Waals surface area contributed by atoms with Gasteiger partial charge in [-0.1, -0.05) is 12.1 Å². The summed E-state index contributed by atoms with van der Waals surface area (Å²) in [5.74, 6) is 1.12. The van der Waals surface area contributed by atoms with Crippen molar-refractivity contribution < 1.29 is 9.13 Å². The van der Waals surface area contributed by atoms with Gasteiger partial charge < -0.3 is 10.1 Å². The van der Waals surface area contributed by atoms with Gasteiger partial charge in [-0.15, -0.1) is 0 Å². The van der Waals surface area contributed by atoms with E-state index in [2.05, 4.69) is 15.3 Å². The molecule has 0 fully saturated rings. The summed E-state index contributed by atoms with van der Waals surface area (Å²) in [7, 11) is 3.41. The van der Waals surface area contributed by atoms with Gasteiger partial charge >= 0.3 is 0 Å². The normalized spacial score (nSPS) is 10.5. The van der Waals surface area contributed by atoms with Gasteiger partial charge in [0.25, 0.3) is 0 Å². The van der Waals surface area contributed by atoms with Crippen LogP contribution in [0.5, 0.6) is 0 Å². The van der Waals surface area contributed by atoms with Crippen molar-refractivity contribution >= 4 is 5.82 Å². The maximum absolute atomic E-state index is 13.1. The largest absolute Gasteiger partial charge is 0.378 e. The Morgan fingerprint density at radius 3 is 2.79 bits per heavy atom. The minimum atomic E-state index is -0.251. The van der Waals surface area contributed by atoms with E-state index in [0.29, 0.717) is 18.9 Å². The number of aromatic nitrogens is 2. The van der Waals surface area contributed by atoms with Crippen molar-refractivity contribution in [2.75, 3.05) is 19.5 Å². The zero-order valence-corrected chi connectivity index (χ0v) is 11.0. The number of hydrogen-bond acceptors (Lipinski definition) is 4. The molecule has 0 radical (unpaired) electrons. The summed E-state index contributed by atoms with van der Waals surface area (Å²) in [6.45, 7) is 0.424. The molecule has 0 bridgehead atoms. The van der Waals surface area contributed by atoms with Gasteiger partial charge in [-0.05, 0) is 17.7 Å². The molecule has 0 atom stereocenters. The molecule has 1 heterocycles. The van der Waals surface area contributed by atoms with Gasteiger partial charge in [0, 0.05) is 26.6 Å². The first-order valence-corrected chi connectivity index (χ1v) is 5.99. The summed E-state index contributed by atoms with van der Waals surface area (Å²) in [4.78, 5) is 8.76. The van der Waals surface area contributed by atoms with Crippen LogP contribution in [0.4, 0.5) is 10.2 Å². The maximum atomic E-state index is 13.1. The molecule has 19 heavy (non-hydrogen) atoms. The maximum Gasteiger partial charge on any atom is 0.135 e. The van der Waals surface area contributed by atoms with Crippen LogP contribution in [0.25, 0.3) is 0 Å². The summed E-state index contributed by atoms with van der Waals surface area (Å²) in [5, 5.41) is 2.98. The lowest BCUT2D eigenvalue weighted by atomic mass is 10.1. The number of ether oxygens (including phenoxy) is 1. The number of methoxy groups -OCH3 is 1. The quantitative estimate of drug-likeness (QED) is 0.897. The molecule has 0 saturated heterocycles. The second kappa shape index (κ2) is 6.24. The summed E-state index contributed by atoms with van der Waals surface area (Å²) >= 11 is 0. The number of rotatable bonds is 5. The average molecular weight is 261 g/mol. The second-order valence-corrected chi connectivity index (χ2v) is 4.15.